The van der Waals surface area contributed by atoms with Crippen LogP contribution in [0.2, 0.25) is 0 Å². The van der Waals surface area contributed by atoms with Crippen molar-refractivity contribution in [2.24, 2.45) is 5.92 Å². The molecule has 0 spiro atoms. The molecule has 0 saturated carbocycles. The van der Waals surface area contributed by atoms with Gasteiger partial charge in [0.05, 0.1) is 5.56 Å². The Hall–Kier alpha value is -1.60. The van der Waals surface area contributed by atoms with E-state index in [-0.39, 0.29) is 0 Å². The number of nitrogens with one attached hydrogen (secondary N) is 1. The molecule has 1 fully saturated rings. The highest BCUT2D eigenvalue weighted by Crippen LogP contribution is 2.19. The van der Waals surface area contributed by atoms with Crippen molar-refractivity contribution in [3.8, 4) is 6.07 Å². The van der Waals surface area contributed by atoms with E-state index in [0.717, 1.165) is 12.4 Å². The lowest BCUT2D eigenvalue weighted by molar-refractivity contribution is 0.234. The van der Waals surface area contributed by atoms with Gasteiger partial charge in [-0.3, -0.25) is 4.90 Å². The lowest BCUT2D eigenvalue weighted by Crippen LogP contribution is -2.37. The molecule has 0 aliphatic carbocycles. The van der Waals surface area contributed by atoms with Crippen LogP contribution in [0.3, 0.4) is 0 Å². The van der Waals surface area contributed by atoms with Gasteiger partial charge in [-0.25, -0.2) is 4.98 Å². The van der Waals surface area contributed by atoms with Crippen LogP contribution in [0.25, 0.3) is 0 Å². The summed E-state index contributed by atoms with van der Waals surface area (Å²) in [5.41, 5.74) is 0.604. The maximum Gasteiger partial charge on any atom is 0.126 e. The summed E-state index contributed by atoms with van der Waals surface area (Å²) in [6.45, 7) is 7.86. The van der Waals surface area contributed by atoms with Crippen LogP contribution in [0.5, 0.6) is 0 Å². The van der Waals surface area contributed by atoms with Crippen molar-refractivity contribution in [1.82, 2.24) is 9.88 Å². The van der Waals surface area contributed by atoms with E-state index in [9.17, 15) is 0 Å². The Labute approximate surface area is 115 Å². The molecule has 19 heavy (non-hydrogen) atoms. The largest absolute Gasteiger partial charge is 0.369 e. The number of anilines is 1. The third-order valence-corrected chi connectivity index (χ3v) is 3.51. The van der Waals surface area contributed by atoms with Crippen LogP contribution >= 0.6 is 0 Å². The molecule has 0 amide bonds. The lowest BCUT2D eigenvalue weighted by atomic mass is 10.1. The number of likely N-dealkylation sites (tertiary alicyclic amines) is 1. The zero-order valence-electron chi connectivity index (χ0n) is 11.8. The second-order valence-electron chi connectivity index (χ2n) is 5.61. The SMILES string of the molecule is CC(C)CN1CCC[C@@H]1CNc1ccc(C#N)cn1. The van der Waals surface area contributed by atoms with Crippen LogP contribution in [0, 0.1) is 17.2 Å². The first kappa shape index (κ1) is 13.8. The van der Waals surface area contributed by atoms with E-state index in [0.29, 0.717) is 17.5 Å². The van der Waals surface area contributed by atoms with Gasteiger partial charge in [-0.2, -0.15) is 5.26 Å². The molecule has 0 bridgehead atoms. The van der Waals surface area contributed by atoms with Gasteiger partial charge in [0.25, 0.3) is 0 Å². The van der Waals surface area contributed by atoms with E-state index in [1.807, 2.05) is 6.07 Å². The van der Waals surface area contributed by atoms with E-state index in [4.69, 9.17) is 5.26 Å². The number of nitrogens with zero attached hydrogens (tertiary/aromatic N) is 3. The molecule has 2 rings (SSSR count). The molecule has 2 heterocycles. The molecule has 0 unspecified atom stereocenters. The monoisotopic (exact) mass is 258 g/mol. The molecular weight excluding hydrogens is 236 g/mol. The molecule has 1 saturated heterocycles. The normalized spacial score (nSPS) is 19.6. The summed E-state index contributed by atoms with van der Waals surface area (Å²) in [6, 6.07) is 6.37. The van der Waals surface area contributed by atoms with Gasteiger partial charge < -0.3 is 5.32 Å². The summed E-state index contributed by atoms with van der Waals surface area (Å²) in [4.78, 5) is 6.82. The van der Waals surface area contributed by atoms with E-state index >= 15 is 0 Å². The molecule has 0 aromatic carbocycles. The van der Waals surface area contributed by atoms with Gasteiger partial charge in [-0.15, -0.1) is 0 Å². The fourth-order valence-electron chi connectivity index (χ4n) is 2.62. The smallest absolute Gasteiger partial charge is 0.126 e. The molecule has 1 aliphatic heterocycles. The fraction of sp³-hybridized carbons (Fsp3) is 0.600. The Bertz CT molecular complexity index is 432. The van der Waals surface area contributed by atoms with E-state index in [1.54, 1.807) is 12.3 Å². The van der Waals surface area contributed by atoms with Crippen molar-refractivity contribution in [1.29, 1.82) is 5.26 Å². The number of hydrogen-bond donors (Lipinski definition) is 1. The van der Waals surface area contributed by atoms with Crippen LogP contribution in [-0.2, 0) is 0 Å². The molecule has 4 heteroatoms. The second kappa shape index (κ2) is 6.53. The predicted molar refractivity (Wildman–Crippen MR) is 76.9 cm³/mol. The Kier molecular flexibility index (Phi) is 4.75. The molecule has 1 aromatic rings. The van der Waals surface area contributed by atoms with Crippen molar-refractivity contribution >= 4 is 5.82 Å². The lowest BCUT2D eigenvalue weighted by Gasteiger charge is -2.26. The van der Waals surface area contributed by atoms with Gasteiger partial charge in [0.2, 0.25) is 0 Å². The van der Waals surface area contributed by atoms with Crippen molar-refractivity contribution in [2.75, 3.05) is 25.0 Å². The fourth-order valence-corrected chi connectivity index (χ4v) is 2.62. The van der Waals surface area contributed by atoms with E-state index < -0.39 is 0 Å². The van der Waals surface area contributed by atoms with Gasteiger partial charge in [0.15, 0.2) is 0 Å². The molecule has 1 aliphatic rings. The maximum absolute atomic E-state index is 8.73. The summed E-state index contributed by atoms with van der Waals surface area (Å²) >= 11 is 0. The number of rotatable bonds is 5. The van der Waals surface area contributed by atoms with Crippen LogP contribution < -0.4 is 5.32 Å². The van der Waals surface area contributed by atoms with Crippen molar-refractivity contribution in [3.63, 3.8) is 0 Å². The molecule has 1 aromatic heterocycles. The topological polar surface area (TPSA) is 52.0 Å². The van der Waals surface area contributed by atoms with Crippen LogP contribution in [-0.4, -0.2) is 35.6 Å². The minimum Gasteiger partial charge on any atom is -0.369 e. The molecule has 0 radical (unpaired) electrons. The summed E-state index contributed by atoms with van der Waals surface area (Å²) in [5, 5.41) is 12.1. The van der Waals surface area contributed by atoms with Crippen molar-refractivity contribution in [3.05, 3.63) is 23.9 Å². The van der Waals surface area contributed by atoms with Crippen molar-refractivity contribution < 1.29 is 0 Å². The quantitative estimate of drug-likeness (QED) is 0.881. The average molecular weight is 258 g/mol. The second-order valence-corrected chi connectivity index (χ2v) is 5.61. The molecular formula is C15H22N4. The molecule has 102 valence electrons. The number of pyridine rings is 1. The van der Waals surface area contributed by atoms with Crippen LogP contribution in [0.4, 0.5) is 5.82 Å². The van der Waals surface area contributed by atoms with E-state index in [2.05, 4.69) is 35.1 Å². The first-order chi connectivity index (χ1) is 9.19. The third kappa shape index (κ3) is 3.93. The maximum atomic E-state index is 8.73. The van der Waals surface area contributed by atoms with Gasteiger partial charge in [0.1, 0.15) is 11.9 Å². The predicted octanol–water partition coefficient (Wildman–Crippen LogP) is 2.49. The van der Waals surface area contributed by atoms with Crippen LogP contribution in [0.15, 0.2) is 18.3 Å². The van der Waals surface area contributed by atoms with Gasteiger partial charge in [-0.05, 0) is 37.4 Å². The highest BCUT2D eigenvalue weighted by molar-refractivity contribution is 5.39. The summed E-state index contributed by atoms with van der Waals surface area (Å²) in [5.74, 6) is 1.57. The van der Waals surface area contributed by atoms with Gasteiger partial charge in [0, 0.05) is 25.3 Å². The van der Waals surface area contributed by atoms with Crippen LogP contribution in [0.1, 0.15) is 32.3 Å². The summed E-state index contributed by atoms with van der Waals surface area (Å²) in [6.07, 6.45) is 4.17. The van der Waals surface area contributed by atoms with Gasteiger partial charge >= 0.3 is 0 Å². The Morgan fingerprint density at radius 2 is 2.37 bits per heavy atom. The zero-order valence-corrected chi connectivity index (χ0v) is 11.8. The van der Waals surface area contributed by atoms with Crippen molar-refractivity contribution in [2.45, 2.75) is 32.7 Å². The van der Waals surface area contributed by atoms with Gasteiger partial charge in [-0.1, -0.05) is 13.8 Å². The Balaban J connectivity index is 1.85. The average Bonchev–Trinajstić information content (AvgIpc) is 2.83. The summed E-state index contributed by atoms with van der Waals surface area (Å²) in [7, 11) is 0. The Morgan fingerprint density at radius 3 is 3.00 bits per heavy atom. The molecule has 4 nitrogen and oxygen atoms in total. The standard InChI is InChI=1S/C15H22N4/c1-12(2)11-19-7-3-4-14(19)10-18-15-6-5-13(8-16)9-17-15/h5-6,9,12,14H,3-4,7,10-11H2,1-2H3,(H,17,18)/t14-/m1/s1. The first-order valence-electron chi connectivity index (χ1n) is 7.03. The number of nitriles is 1. The number of aromatic nitrogens is 1. The first-order valence-corrected chi connectivity index (χ1v) is 7.03. The Morgan fingerprint density at radius 1 is 1.53 bits per heavy atom. The minimum absolute atomic E-state index is 0.604. The minimum atomic E-state index is 0.604. The molecule has 1 N–H and O–H groups in total. The van der Waals surface area contributed by atoms with E-state index in [1.165, 1.54) is 25.9 Å². The highest BCUT2D eigenvalue weighted by Gasteiger charge is 2.24. The molecule has 1 atom stereocenters. The zero-order chi connectivity index (χ0) is 13.7. The summed E-state index contributed by atoms with van der Waals surface area (Å²) < 4.78 is 0. The third-order valence-electron chi connectivity index (χ3n) is 3.51. The highest BCUT2D eigenvalue weighted by atomic mass is 15.2. The number of hydrogen-bond acceptors (Lipinski definition) is 4.